The highest BCUT2D eigenvalue weighted by Gasteiger charge is 2.11. The summed E-state index contributed by atoms with van der Waals surface area (Å²) in [6.07, 6.45) is 0.201. The van der Waals surface area contributed by atoms with Gasteiger partial charge in [-0.05, 0) is 47.2 Å². The third-order valence-electron chi connectivity index (χ3n) is 4.57. The number of amides is 2. The van der Waals surface area contributed by atoms with Crippen LogP contribution in [0, 0.1) is 5.82 Å². The van der Waals surface area contributed by atoms with Gasteiger partial charge in [-0.1, -0.05) is 30.3 Å². The Morgan fingerprint density at radius 2 is 1.72 bits per heavy atom. The molecule has 0 saturated carbocycles. The molecule has 0 aliphatic rings. The summed E-state index contributed by atoms with van der Waals surface area (Å²) < 4.78 is 18.3. The van der Waals surface area contributed by atoms with E-state index in [2.05, 4.69) is 5.32 Å². The van der Waals surface area contributed by atoms with Gasteiger partial charge in [0, 0.05) is 25.6 Å². The van der Waals surface area contributed by atoms with E-state index in [1.54, 1.807) is 30.1 Å². The van der Waals surface area contributed by atoms with E-state index in [4.69, 9.17) is 4.74 Å². The Balaban J connectivity index is 1.39. The van der Waals surface area contributed by atoms with E-state index in [-0.39, 0.29) is 30.6 Å². The number of likely N-dealkylation sites (N-methyl/N-ethyl adjacent to an activating group) is 1. The minimum Gasteiger partial charge on any atom is -0.492 e. The Morgan fingerprint density at radius 1 is 1.00 bits per heavy atom. The van der Waals surface area contributed by atoms with Crippen molar-refractivity contribution in [1.29, 1.82) is 0 Å². The van der Waals surface area contributed by atoms with Crippen LogP contribution in [0.4, 0.5) is 4.39 Å². The highest BCUT2D eigenvalue weighted by molar-refractivity contribution is 5.98. The summed E-state index contributed by atoms with van der Waals surface area (Å²) in [6.45, 7) is 0.958. The molecule has 3 rings (SSSR count). The normalized spacial score (nSPS) is 10.6. The molecule has 3 aromatic carbocycles. The lowest BCUT2D eigenvalue weighted by molar-refractivity contribution is -0.130. The molecule has 3 aromatic rings. The van der Waals surface area contributed by atoms with Gasteiger partial charge in [-0.15, -0.1) is 0 Å². The summed E-state index contributed by atoms with van der Waals surface area (Å²) in [6, 6.07) is 19.1. The minimum atomic E-state index is -0.324. The summed E-state index contributed by atoms with van der Waals surface area (Å²) in [4.78, 5) is 26.0. The molecule has 0 radical (unpaired) electrons. The van der Waals surface area contributed by atoms with Crippen molar-refractivity contribution in [2.75, 3.05) is 26.7 Å². The Kier molecular flexibility index (Phi) is 6.79. The summed E-state index contributed by atoms with van der Waals surface area (Å²) in [5.41, 5.74) is 0.567. The molecule has 5 nitrogen and oxygen atoms in total. The Morgan fingerprint density at radius 3 is 2.48 bits per heavy atom. The molecule has 0 aliphatic carbocycles. The van der Waals surface area contributed by atoms with Crippen LogP contribution in [0.15, 0.2) is 66.7 Å². The monoisotopic (exact) mass is 394 g/mol. The van der Waals surface area contributed by atoms with Crippen molar-refractivity contribution >= 4 is 22.6 Å². The van der Waals surface area contributed by atoms with Crippen molar-refractivity contribution in [3.63, 3.8) is 0 Å². The molecule has 0 atom stereocenters. The van der Waals surface area contributed by atoms with Gasteiger partial charge in [-0.25, -0.2) is 4.39 Å². The van der Waals surface area contributed by atoms with Crippen molar-refractivity contribution in [3.05, 3.63) is 78.1 Å². The lowest BCUT2D eigenvalue weighted by Gasteiger charge is -2.17. The van der Waals surface area contributed by atoms with E-state index in [1.165, 1.54) is 12.1 Å². The third kappa shape index (κ3) is 5.78. The molecule has 0 saturated heterocycles. The van der Waals surface area contributed by atoms with Crippen LogP contribution in [-0.2, 0) is 4.79 Å². The first-order valence-electron chi connectivity index (χ1n) is 9.42. The molecule has 150 valence electrons. The fourth-order valence-corrected chi connectivity index (χ4v) is 2.86. The largest absolute Gasteiger partial charge is 0.492 e. The number of nitrogens with zero attached hydrogens (tertiary/aromatic N) is 1. The van der Waals surface area contributed by atoms with Crippen molar-refractivity contribution in [2.24, 2.45) is 0 Å². The number of halogens is 1. The third-order valence-corrected chi connectivity index (χ3v) is 4.57. The number of fused-ring (bicyclic) bond motifs is 1. The van der Waals surface area contributed by atoms with E-state index in [1.807, 2.05) is 36.4 Å². The van der Waals surface area contributed by atoms with Crippen LogP contribution < -0.4 is 10.1 Å². The molecule has 29 heavy (non-hydrogen) atoms. The van der Waals surface area contributed by atoms with Crippen LogP contribution in [0.1, 0.15) is 16.8 Å². The van der Waals surface area contributed by atoms with Gasteiger partial charge in [-0.3, -0.25) is 9.59 Å². The van der Waals surface area contributed by atoms with E-state index in [0.29, 0.717) is 24.5 Å². The molecule has 0 spiro atoms. The second-order valence-corrected chi connectivity index (χ2v) is 6.69. The van der Waals surface area contributed by atoms with Crippen molar-refractivity contribution in [1.82, 2.24) is 10.2 Å². The van der Waals surface area contributed by atoms with Gasteiger partial charge < -0.3 is 15.0 Å². The molecule has 0 unspecified atom stereocenters. The van der Waals surface area contributed by atoms with Gasteiger partial charge >= 0.3 is 0 Å². The number of benzene rings is 3. The molecule has 0 aromatic heterocycles. The van der Waals surface area contributed by atoms with E-state index < -0.39 is 0 Å². The zero-order chi connectivity index (χ0) is 20.6. The second-order valence-electron chi connectivity index (χ2n) is 6.69. The molecule has 0 heterocycles. The maximum atomic E-state index is 12.9. The van der Waals surface area contributed by atoms with Crippen molar-refractivity contribution in [3.8, 4) is 5.75 Å². The van der Waals surface area contributed by atoms with Crippen molar-refractivity contribution < 1.29 is 18.7 Å². The summed E-state index contributed by atoms with van der Waals surface area (Å²) in [5, 5.41) is 4.85. The topological polar surface area (TPSA) is 58.6 Å². The highest BCUT2D eigenvalue weighted by Crippen LogP contribution is 2.15. The number of carbonyl (C=O) groups is 2. The fourth-order valence-electron chi connectivity index (χ4n) is 2.86. The summed E-state index contributed by atoms with van der Waals surface area (Å²) >= 11 is 0. The summed E-state index contributed by atoms with van der Waals surface area (Å²) in [5.74, 6) is -0.0670. The SMILES string of the molecule is CN(CCOc1ccc(F)cc1)C(=O)CCNC(=O)c1ccc2ccccc2c1. The summed E-state index contributed by atoms with van der Waals surface area (Å²) in [7, 11) is 1.68. The highest BCUT2D eigenvalue weighted by atomic mass is 19.1. The predicted molar refractivity (Wildman–Crippen MR) is 110 cm³/mol. The number of rotatable bonds is 8. The van der Waals surface area contributed by atoms with E-state index >= 15 is 0 Å². The zero-order valence-corrected chi connectivity index (χ0v) is 16.2. The Labute approximate surface area is 169 Å². The molecule has 0 bridgehead atoms. The minimum absolute atomic E-state index is 0.0912. The van der Waals surface area contributed by atoms with Crippen LogP contribution in [0.25, 0.3) is 10.8 Å². The molecule has 6 heteroatoms. The predicted octanol–water partition coefficient (Wildman–Crippen LogP) is 3.64. The van der Waals surface area contributed by atoms with Gasteiger partial charge in [0.25, 0.3) is 5.91 Å². The first-order valence-corrected chi connectivity index (χ1v) is 9.42. The first-order chi connectivity index (χ1) is 14.0. The number of carbonyl (C=O) groups excluding carboxylic acids is 2. The second kappa shape index (κ2) is 9.68. The lowest BCUT2D eigenvalue weighted by atomic mass is 10.1. The van der Waals surface area contributed by atoms with Gasteiger partial charge in [-0.2, -0.15) is 0 Å². The fraction of sp³-hybridized carbons (Fsp3) is 0.217. The molecular weight excluding hydrogens is 371 g/mol. The van der Waals surface area contributed by atoms with Gasteiger partial charge in [0.1, 0.15) is 18.2 Å². The molecule has 2 amide bonds. The van der Waals surface area contributed by atoms with Crippen LogP contribution in [0.5, 0.6) is 5.75 Å². The molecule has 1 N–H and O–H groups in total. The maximum absolute atomic E-state index is 12.9. The van der Waals surface area contributed by atoms with Crippen molar-refractivity contribution in [2.45, 2.75) is 6.42 Å². The van der Waals surface area contributed by atoms with Crippen LogP contribution in [0.3, 0.4) is 0 Å². The molecule has 0 fully saturated rings. The van der Waals surface area contributed by atoms with Crippen LogP contribution in [-0.4, -0.2) is 43.5 Å². The average Bonchev–Trinajstić information content (AvgIpc) is 2.74. The standard InChI is InChI=1S/C23H23FN2O3/c1-26(14-15-29-21-10-8-20(24)9-11-21)22(27)12-13-25-23(28)19-7-6-17-4-2-3-5-18(17)16-19/h2-11,16H,12-15H2,1H3,(H,25,28). The quantitative estimate of drug-likeness (QED) is 0.635. The number of ether oxygens (including phenoxy) is 1. The maximum Gasteiger partial charge on any atom is 0.251 e. The van der Waals surface area contributed by atoms with Crippen LogP contribution >= 0.6 is 0 Å². The van der Waals surface area contributed by atoms with E-state index in [0.717, 1.165) is 10.8 Å². The first kappa shape index (κ1) is 20.3. The number of nitrogens with one attached hydrogen (secondary N) is 1. The van der Waals surface area contributed by atoms with Gasteiger partial charge in [0.2, 0.25) is 5.91 Å². The Hall–Kier alpha value is -3.41. The van der Waals surface area contributed by atoms with E-state index in [9.17, 15) is 14.0 Å². The van der Waals surface area contributed by atoms with Crippen LogP contribution in [0.2, 0.25) is 0 Å². The molecular formula is C23H23FN2O3. The van der Waals surface area contributed by atoms with Gasteiger partial charge in [0.15, 0.2) is 0 Å². The number of hydrogen-bond donors (Lipinski definition) is 1. The molecule has 0 aliphatic heterocycles. The van der Waals surface area contributed by atoms with Gasteiger partial charge in [0.05, 0.1) is 6.54 Å². The lowest BCUT2D eigenvalue weighted by Crippen LogP contribution is -2.34. The average molecular weight is 394 g/mol. The smallest absolute Gasteiger partial charge is 0.251 e. The number of hydrogen-bond acceptors (Lipinski definition) is 3. The Bertz CT molecular complexity index is 989. The zero-order valence-electron chi connectivity index (χ0n) is 16.2.